The second kappa shape index (κ2) is 12.9. The number of allylic oxidation sites excluding steroid dienone is 2. The number of nitrogens with zero attached hydrogens (tertiary/aromatic N) is 4. The number of nitrogens with one attached hydrogen (secondary N) is 4. The summed E-state index contributed by atoms with van der Waals surface area (Å²) in [6.07, 6.45) is 5.26. The molecule has 0 bridgehead atoms. The van der Waals surface area contributed by atoms with Crippen molar-refractivity contribution in [3.05, 3.63) is 101 Å². The van der Waals surface area contributed by atoms with Crippen LogP contribution in [0.25, 0.3) is 44.7 Å². The fraction of sp³-hybridized carbons (Fsp3) is 0.349. The van der Waals surface area contributed by atoms with Crippen molar-refractivity contribution in [3.8, 4) is 39.5 Å². The summed E-state index contributed by atoms with van der Waals surface area (Å²) in [5.41, 5.74) is 9.66. The van der Waals surface area contributed by atoms with Crippen LogP contribution in [0.4, 0.5) is 4.79 Å². The van der Waals surface area contributed by atoms with E-state index in [2.05, 4.69) is 68.5 Å². The summed E-state index contributed by atoms with van der Waals surface area (Å²) in [5, 5.41) is 7.43. The number of hydrogen-bond donors (Lipinski definition) is 4. The Hall–Kier alpha value is -6.24. The molecule has 13 heteroatoms. The van der Waals surface area contributed by atoms with E-state index in [-0.39, 0.29) is 23.9 Å². The van der Waals surface area contributed by atoms with E-state index in [9.17, 15) is 9.59 Å². The van der Waals surface area contributed by atoms with Gasteiger partial charge in [-0.1, -0.05) is 26.0 Å². The van der Waals surface area contributed by atoms with Gasteiger partial charge in [0.05, 0.1) is 54.2 Å². The van der Waals surface area contributed by atoms with Crippen molar-refractivity contribution in [2.45, 2.75) is 71.3 Å². The number of hydrogen-bond acceptors (Lipinski definition) is 8. The summed E-state index contributed by atoms with van der Waals surface area (Å²) in [4.78, 5) is 44.2. The zero-order valence-corrected chi connectivity index (χ0v) is 32.0. The van der Waals surface area contributed by atoms with Crippen LogP contribution in [0.5, 0.6) is 5.75 Å². The minimum atomic E-state index is -0.700. The van der Waals surface area contributed by atoms with Crippen LogP contribution in [-0.2, 0) is 9.53 Å². The van der Waals surface area contributed by atoms with E-state index in [1.165, 1.54) is 18.4 Å². The lowest BCUT2D eigenvalue weighted by Gasteiger charge is -2.30. The van der Waals surface area contributed by atoms with Gasteiger partial charge in [-0.05, 0) is 87.1 Å². The third-order valence-electron chi connectivity index (χ3n) is 12.0. The number of aromatic amines is 2. The molecule has 7 heterocycles. The normalized spacial score (nSPS) is 21.4. The number of carbonyl (C=O) groups excluding carboxylic acids is 2. The average Bonchev–Trinajstić information content (AvgIpc) is 3.99. The summed E-state index contributed by atoms with van der Waals surface area (Å²) in [7, 11) is 1.30. The molecule has 2 amide bonds. The topological polar surface area (TPSA) is 155 Å². The number of aryl methyl sites for hydroxylation is 1. The zero-order chi connectivity index (χ0) is 38.4. The maximum Gasteiger partial charge on any atom is 0.407 e. The minimum absolute atomic E-state index is 0.114. The van der Waals surface area contributed by atoms with Gasteiger partial charge in [-0.3, -0.25) is 9.36 Å². The van der Waals surface area contributed by atoms with E-state index in [0.717, 1.165) is 81.3 Å². The molecular weight excluding hydrogens is 709 g/mol. The molecule has 1 aliphatic carbocycles. The van der Waals surface area contributed by atoms with Crippen LogP contribution < -0.4 is 15.4 Å². The average molecular weight is 753 g/mol. The number of rotatable bonds is 8. The molecule has 2 saturated heterocycles. The van der Waals surface area contributed by atoms with Crippen molar-refractivity contribution in [1.82, 2.24) is 40.0 Å². The number of furan rings is 1. The zero-order valence-electron chi connectivity index (χ0n) is 32.0. The van der Waals surface area contributed by atoms with Gasteiger partial charge in [0.25, 0.3) is 0 Å². The van der Waals surface area contributed by atoms with Gasteiger partial charge in [0.15, 0.2) is 5.76 Å². The molecule has 13 nitrogen and oxygen atoms in total. The lowest BCUT2D eigenvalue weighted by Crippen LogP contribution is -2.51. The number of fused-ring (bicyclic) bond motifs is 6. The Bertz CT molecular complexity index is 2570. The largest absolute Gasteiger partial charge is 0.462 e. The highest BCUT2D eigenvalue weighted by Gasteiger charge is 2.43. The Morgan fingerprint density at radius 2 is 1.73 bits per heavy atom. The highest BCUT2D eigenvalue weighted by atomic mass is 16.5. The first-order valence-corrected chi connectivity index (χ1v) is 19.4. The molecule has 0 spiro atoms. The molecule has 3 aliphatic heterocycles. The predicted molar refractivity (Wildman–Crippen MR) is 209 cm³/mol. The van der Waals surface area contributed by atoms with Crippen molar-refractivity contribution < 1.29 is 23.5 Å². The molecule has 5 atom stereocenters. The summed E-state index contributed by atoms with van der Waals surface area (Å²) < 4.78 is 20.0. The Labute approximate surface area is 323 Å². The van der Waals surface area contributed by atoms with Crippen molar-refractivity contribution >= 4 is 22.9 Å². The Kier molecular flexibility index (Phi) is 7.91. The van der Waals surface area contributed by atoms with Crippen LogP contribution >= 0.6 is 0 Å². The van der Waals surface area contributed by atoms with Gasteiger partial charge in [0.1, 0.15) is 29.2 Å². The molecule has 56 heavy (non-hydrogen) atoms. The highest BCUT2D eigenvalue weighted by molar-refractivity contribution is 5.92. The molecule has 10 rings (SSSR count). The van der Waals surface area contributed by atoms with E-state index < -0.39 is 18.4 Å². The number of likely N-dealkylation sites (tertiary alicyclic amines) is 1. The first kappa shape index (κ1) is 34.3. The molecule has 2 fully saturated rings. The lowest BCUT2D eigenvalue weighted by atomic mass is 10.0. The Morgan fingerprint density at radius 3 is 2.46 bits per heavy atom. The third kappa shape index (κ3) is 5.58. The molecule has 286 valence electrons. The maximum absolute atomic E-state index is 13.7. The number of methoxy groups -OCH3 is 1. The van der Waals surface area contributed by atoms with Crippen LogP contribution in [-0.4, -0.2) is 61.1 Å². The van der Waals surface area contributed by atoms with E-state index in [1.807, 2.05) is 56.3 Å². The second-order valence-electron chi connectivity index (χ2n) is 15.8. The lowest BCUT2D eigenvalue weighted by molar-refractivity contribution is -0.135. The smallest absolute Gasteiger partial charge is 0.407 e. The quantitative estimate of drug-likeness (QED) is 0.122. The highest BCUT2D eigenvalue weighted by Crippen LogP contribution is 2.50. The fourth-order valence-corrected chi connectivity index (χ4v) is 8.88. The fourth-order valence-electron chi connectivity index (χ4n) is 8.88. The van der Waals surface area contributed by atoms with Crippen molar-refractivity contribution in [3.63, 3.8) is 0 Å². The van der Waals surface area contributed by atoms with Crippen molar-refractivity contribution in [2.24, 2.45) is 11.8 Å². The number of ether oxygens (including phenoxy) is 2. The number of H-pyrrole nitrogens is 2. The van der Waals surface area contributed by atoms with Crippen molar-refractivity contribution in [1.29, 1.82) is 0 Å². The Balaban J connectivity index is 0.960. The molecule has 4 aliphatic rings. The van der Waals surface area contributed by atoms with Gasteiger partial charge in [-0.25, -0.2) is 14.8 Å². The van der Waals surface area contributed by atoms with Crippen molar-refractivity contribution in [2.75, 3.05) is 13.7 Å². The number of aromatic nitrogens is 5. The van der Waals surface area contributed by atoms with Crippen LogP contribution in [0, 0.1) is 18.8 Å². The second-order valence-corrected chi connectivity index (χ2v) is 15.8. The molecule has 4 N–H and O–H groups in total. The number of amides is 2. The number of alkyl carbamates (subject to hydrolysis) is 1. The predicted octanol–water partition coefficient (Wildman–Crippen LogP) is 7.91. The standard InChI is InChI=1S/C43H44N8O5/c1-21(2)37(49-43(53)54-5)41(52)50-14-6-7-33(50)40-45-20-31(48-40)25-9-11-27-34-16-26-15-24(30-19-44-39(47-30)29-18-28-23(4)38(28)46-29)10-12-32(26)51(34)42(56-36(27)17-25)35-13-8-22(3)55-35/h8-13,15-17,19-21,28-29,33,37,42,46H,6-7,14,18H2,1-5H3,(H,44,47)(H,45,48)(H,49,53)/t28-,29-,33-,37-,42?/m0/s1. The summed E-state index contributed by atoms with van der Waals surface area (Å²) in [5.74, 6) is 4.27. The molecule has 2 aromatic carbocycles. The maximum atomic E-state index is 13.7. The first-order valence-electron chi connectivity index (χ1n) is 19.4. The van der Waals surface area contributed by atoms with Crippen LogP contribution in [0.2, 0.25) is 0 Å². The van der Waals surface area contributed by atoms with Gasteiger partial charge in [0, 0.05) is 40.2 Å². The van der Waals surface area contributed by atoms with Crippen LogP contribution in [0.15, 0.2) is 82.7 Å². The number of carbonyl (C=O) groups is 2. The van der Waals surface area contributed by atoms with Gasteiger partial charge < -0.3 is 39.4 Å². The molecular formula is C43H44N8O5. The SMILES string of the molecule is COC(=O)N[C@H](C(=O)N1CCC[C@H]1c1ncc(-c2ccc3c(c2)OC(c2ccc(C)o2)n2c-3cc3cc(-c4cnc([C@@H]5C[C@H]6C(C)=C6N5)[nH]4)ccc32)[nH]1)C(C)C. The van der Waals surface area contributed by atoms with Crippen LogP contribution in [0.3, 0.4) is 0 Å². The molecule has 4 aromatic heterocycles. The number of imidazole rings is 2. The summed E-state index contributed by atoms with van der Waals surface area (Å²) in [6.45, 7) is 8.54. The molecule has 6 aromatic rings. The summed E-state index contributed by atoms with van der Waals surface area (Å²) in [6, 6.07) is 18.1. The number of benzene rings is 2. The first-order chi connectivity index (χ1) is 27.1. The monoisotopic (exact) mass is 752 g/mol. The molecule has 0 radical (unpaired) electrons. The van der Waals surface area contributed by atoms with Gasteiger partial charge in [-0.15, -0.1) is 0 Å². The van der Waals surface area contributed by atoms with Gasteiger partial charge in [0.2, 0.25) is 12.1 Å². The molecule has 0 saturated carbocycles. The third-order valence-corrected chi connectivity index (χ3v) is 12.0. The van der Waals surface area contributed by atoms with E-state index in [4.69, 9.17) is 23.9 Å². The molecule has 1 unspecified atom stereocenters. The van der Waals surface area contributed by atoms with Crippen LogP contribution in [0.1, 0.15) is 81.5 Å². The van der Waals surface area contributed by atoms with E-state index in [0.29, 0.717) is 24.0 Å². The van der Waals surface area contributed by atoms with Gasteiger partial charge >= 0.3 is 6.09 Å². The summed E-state index contributed by atoms with van der Waals surface area (Å²) >= 11 is 0. The minimum Gasteiger partial charge on any atom is -0.462 e. The van der Waals surface area contributed by atoms with Gasteiger partial charge in [-0.2, -0.15) is 0 Å². The van der Waals surface area contributed by atoms with E-state index in [1.54, 1.807) is 0 Å². The van der Waals surface area contributed by atoms with E-state index >= 15 is 0 Å². The Morgan fingerprint density at radius 1 is 0.964 bits per heavy atom.